The molecule has 0 saturated carbocycles. The van der Waals surface area contributed by atoms with Gasteiger partial charge in [-0.05, 0) is 75.5 Å². The smallest absolute Gasteiger partial charge is 0.270 e. The first kappa shape index (κ1) is 20.6. The fraction of sp³-hybridized carbons (Fsp3) is 0.304. The quantitative estimate of drug-likeness (QED) is 0.669. The van der Waals surface area contributed by atoms with Gasteiger partial charge in [0.2, 0.25) is 0 Å². The molecule has 1 aromatic heterocycles. The van der Waals surface area contributed by atoms with Crippen molar-refractivity contribution in [3.63, 3.8) is 0 Å². The average molecular weight is 393 g/mol. The summed E-state index contributed by atoms with van der Waals surface area (Å²) < 4.78 is 6.98. The van der Waals surface area contributed by atoms with Crippen molar-refractivity contribution in [2.45, 2.75) is 13.8 Å². The van der Waals surface area contributed by atoms with Crippen LogP contribution in [0.4, 0.5) is 0 Å². The normalized spacial score (nSPS) is 11.0. The molecule has 2 aromatic carbocycles. The molecule has 152 valence electrons. The van der Waals surface area contributed by atoms with Crippen molar-refractivity contribution in [2.24, 2.45) is 0 Å². The number of hydrogen-bond donors (Lipinski definition) is 1. The summed E-state index contributed by atoms with van der Waals surface area (Å²) in [4.78, 5) is 15.0. The van der Waals surface area contributed by atoms with Crippen molar-refractivity contribution in [3.8, 4) is 22.7 Å². The molecule has 0 aliphatic carbocycles. The van der Waals surface area contributed by atoms with E-state index in [0.717, 1.165) is 40.4 Å². The summed E-state index contributed by atoms with van der Waals surface area (Å²) in [6, 6.07) is 15.7. The van der Waals surface area contributed by atoms with E-state index in [1.165, 1.54) is 0 Å². The van der Waals surface area contributed by atoms with Gasteiger partial charge in [0.05, 0.1) is 18.5 Å². The Labute approximate surface area is 172 Å². The monoisotopic (exact) mass is 392 g/mol. The highest BCUT2D eigenvalue weighted by Gasteiger charge is 2.19. The van der Waals surface area contributed by atoms with E-state index in [1.807, 2.05) is 69.2 Å². The van der Waals surface area contributed by atoms with Crippen LogP contribution >= 0.6 is 0 Å². The predicted molar refractivity (Wildman–Crippen MR) is 116 cm³/mol. The molecular weight excluding hydrogens is 364 g/mol. The molecule has 6 nitrogen and oxygen atoms in total. The number of benzene rings is 2. The summed E-state index contributed by atoms with van der Waals surface area (Å²) in [5, 5.41) is 7.77. The number of carbonyl (C=O) groups excluding carboxylic acids is 1. The summed E-state index contributed by atoms with van der Waals surface area (Å²) in [5.74, 6) is 0.643. The molecule has 1 N–H and O–H groups in total. The molecule has 0 aliphatic rings. The van der Waals surface area contributed by atoms with Crippen molar-refractivity contribution >= 4 is 5.91 Å². The van der Waals surface area contributed by atoms with Gasteiger partial charge < -0.3 is 15.0 Å². The van der Waals surface area contributed by atoms with Gasteiger partial charge in [-0.15, -0.1) is 0 Å². The summed E-state index contributed by atoms with van der Waals surface area (Å²) in [6.07, 6.45) is 0. The zero-order valence-electron chi connectivity index (χ0n) is 17.7. The van der Waals surface area contributed by atoms with Crippen molar-refractivity contribution in [1.29, 1.82) is 0 Å². The number of hydrogen-bond acceptors (Lipinski definition) is 4. The third-order valence-corrected chi connectivity index (χ3v) is 4.77. The second-order valence-corrected chi connectivity index (χ2v) is 7.40. The van der Waals surface area contributed by atoms with Crippen LogP contribution in [0.1, 0.15) is 21.6 Å². The molecule has 29 heavy (non-hydrogen) atoms. The fourth-order valence-electron chi connectivity index (χ4n) is 3.06. The summed E-state index contributed by atoms with van der Waals surface area (Å²) in [5.41, 5.74) is 5.27. The van der Waals surface area contributed by atoms with Gasteiger partial charge in [0, 0.05) is 18.7 Å². The first-order valence-corrected chi connectivity index (χ1v) is 9.64. The molecule has 6 heteroatoms. The largest absolute Gasteiger partial charge is 0.497 e. The Kier molecular flexibility index (Phi) is 6.34. The molecule has 0 saturated heterocycles. The molecule has 0 unspecified atom stereocenters. The molecule has 0 bridgehead atoms. The lowest BCUT2D eigenvalue weighted by Gasteiger charge is -2.13. The van der Waals surface area contributed by atoms with Gasteiger partial charge in [0.1, 0.15) is 11.4 Å². The van der Waals surface area contributed by atoms with Gasteiger partial charge in [-0.25, -0.2) is 4.68 Å². The van der Waals surface area contributed by atoms with Gasteiger partial charge in [-0.1, -0.05) is 12.1 Å². The molecule has 0 aliphatic heterocycles. The van der Waals surface area contributed by atoms with Crippen molar-refractivity contribution in [2.75, 3.05) is 34.3 Å². The number of likely N-dealkylation sites (N-methyl/N-ethyl adjacent to an activating group) is 1. The van der Waals surface area contributed by atoms with Gasteiger partial charge in [-0.2, -0.15) is 5.10 Å². The Morgan fingerprint density at radius 1 is 1.10 bits per heavy atom. The molecule has 3 aromatic rings. The Bertz CT molecular complexity index is 991. The molecule has 1 amide bonds. The van der Waals surface area contributed by atoms with Gasteiger partial charge in [0.25, 0.3) is 5.91 Å². The van der Waals surface area contributed by atoms with E-state index in [0.29, 0.717) is 12.2 Å². The van der Waals surface area contributed by atoms with Crippen LogP contribution in [-0.4, -0.2) is 54.9 Å². The Morgan fingerprint density at radius 3 is 2.48 bits per heavy atom. The highest BCUT2D eigenvalue weighted by Crippen LogP contribution is 2.25. The van der Waals surface area contributed by atoms with Crippen LogP contribution < -0.4 is 10.1 Å². The summed E-state index contributed by atoms with van der Waals surface area (Å²) in [6.45, 7) is 5.40. The van der Waals surface area contributed by atoms with E-state index in [1.54, 1.807) is 11.8 Å². The lowest BCUT2D eigenvalue weighted by molar-refractivity contribution is 0.0943. The fourth-order valence-corrected chi connectivity index (χ4v) is 3.06. The lowest BCUT2D eigenvalue weighted by Crippen LogP contribution is -2.32. The Balaban J connectivity index is 2.03. The summed E-state index contributed by atoms with van der Waals surface area (Å²) >= 11 is 0. The molecule has 3 rings (SSSR count). The SMILES string of the molecule is COc1ccc(-c2cc(C(=O)NCCN(C)C)n(-c3cc(C)ccc3C)n2)cc1. The van der Waals surface area contributed by atoms with E-state index in [2.05, 4.69) is 17.4 Å². The number of nitrogens with zero attached hydrogens (tertiary/aromatic N) is 3. The van der Waals surface area contributed by atoms with Crippen molar-refractivity contribution in [1.82, 2.24) is 20.0 Å². The zero-order chi connectivity index (χ0) is 21.0. The maximum atomic E-state index is 13.0. The van der Waals surface area contributed by atoms with Gasteiger partial charge in [0.15, 0.2) is 0 Å². The van der Waals surface area contributed by atoms with E-state index < -0.39 is 0 Å². The van der Waals surface area contributed by atoms with Gasteiger partial charge >= 0.3 is 0 Å². The zero-order valence-corrected chi connectivity index (χ0v) is 17.7. The third-order valence-electron chi connectivity index (χ3n) is 4.77. The maximum absolute atomic E-state index is 13.0. The van der Waals surface area contributed by atoms with E-state index in [4.69, 9.17) is 9.84 Å². The second-order valence-electron chi connectivity index (χ2n) is 7.40. The number of aromatic nitrogens is 2. The van der Waals surface area contributed by atoms with Crippen molar-refractivity contribution < 1.29 is 9.53 Å². The van der Waals surface area contributed by atoms with E-state index >= 15 is 0 Å². The topological polar surface area (TPSA) is 59.4 Å². The van der Waals surface area contributed by atoms with Crippen LogP contribution in [0, 0.1) is 13.8 Å². The molecule has 0 spiro atoms. The number of carbonyl (C=O) groups is 1. The number of rotatable bonds is 7. The van der Waals surface area contributed by atoms with E-state index in [9.17, 15) is 4.79 Å². The summed E-state index contributed by atoms with van der Waals surface area (Å²) in [7, 11) is 5.60. The standard InChI is InChI=1S/C23H28N4O2/c1-16-6-7-17(2)21(14-16)27-22(23(28)24-12-13-26(3)4)15-20(25-27)18-8-10-19(29-5)11-9-18/h6-11,14-15H,12-13H2,1-5H3,(H,24,28). The van der Waals surface area contributed by atoms with Crippen LogP contribution in [0.25, 0.3) is 16.9 Å². The number of nitrogens with one attached hydrogen (secondary N) is 1. The minimum Gasteiger partial charge on any atom is -0.497 e. The third kappa shape index (κ3) is 4.84. The Hall–Kier alpha value is -3.12. The minimum atomic E-state index is -0.139. The van der Waals surface area contributed by atoms with Gasteiger partial charge in [-0.3, -0.25) is 4.79 Å². The van der Waals surface area contributed by atoms with Crippen LogP contribution in [0.3, 0.4) is 0 Å². The predicted octanol–water partition coefficient (Wildman–Crippen LogP) is 3.46. The number of amides is 1. The molecule has 1 heterocycles. The molecule has 0 radical (unpaired) electrons. The Morgan fingerprint density at radius 2 is 1.83 bits per heavy atom. The molecule has 0 atom stereocenters. The van der Waals surface area contributed by atoms with Crippen LogP contribution in [0.15, 0.2) is 48.5 Å². The number of ether oxygens (including phenoxy) is 1. The lowest BCUT2D eigenvalue weighted by atomic mass is 10.1. The van der Waals surface area contributed by atoms with Crippen molar-refractivity contribution in [3.05, 3.63) is 65.4 Å². The highest BCUT2D eigenvalue weighted by atomic mass is 16.5. The highest BCUT2D eigenvalue weighted by molar-refractivity contribution is 5.94. The molecular formula is C23H28N4O2. The van der Waals surface area contributed by atoms with E-state index in [-0.39, 0.29) is 5.91 Å². The van der Waals surface area contributed by atoms with Crippen LogP contribution in [0.5, 0.6) is 5.75 Å². The van der Waals surface area contributed by atoms with Crippen LogP contribution in [0.2, 0.25) is 0 Å². The maximum Gasteiger partial charge on any atom is 0.270 e. The molecule has 0 fully saturated rings. The van der Waals surface area contributed by atoms with Crippen LogP contribution in [-0.2, 0) is 0 Å². The number of methoxy groups -OCH3 is 1. The minimum absolute atomic E-state index is 0.139. The first-order valence-electron chi connectivity index (χ1n) is 9.64. The first-order chi connectivity index (χ1) is 13.9. The number of aryl methyl sites for hydroxylation is 2. The average Bonchev–Trinajstić information content (AvgIpc) is 3.15. The second kappa shape index (κ2) is 8.92.